The predicted molar refractivity (Wildman–Crippen MR) is 73.7 cm³/mol. The second-order valence-corrected chi connectivity index (χ2v) is 5.09. The van der Waals surface area contributed by atoms with Gasteiger partial charge in [-0.3, -0.25) is 4.79 Å². The van der Waals surface area contributed by atoms with Crippen molar-refractivity contribution in [1.29, 1.82) is 0 Å². The summed E-state index contributed by atoms with van der Waals surface area (Å²) in [6.45, 7) is 2.46. The number of carboxylic acid groups (broad SMARTS) is 1. The molecule has 0 radical (unpaired) electrons. The fourth-order valence-corrected chi connectivity index (χ4v) is 2.29. The van der Waals surface area contributed by atoms with E-state index in [1.165, 1.54) is 5.56 Å². The highest BCUT2D eigenvalue weighted by Gasteiger charge is 2.44. The first kappa shape index (κ1) is 14.5. The van der Waals surface area contributed by atoms with E-state index in [0.29, 0.717) is 18.6 Å². The quantitative estimate of drug-likeness (QED) is 0.857. The van der Waals surface area contributed by atoms with Gasteiger partial charge in [0.1, 0.15) is 0 Å². The van der Waals surface area contributed by atoms with Gasteiger partial charge in [-0.2, -0.15) is 0 Å². The van der Waals surface area contributed by atoms with Crippen LogP contribution in [0.3, 0.4) is 0 Å². The molecule has 0 saturated carbocycles. The van der Waals surface area contributed by atoms with Gasteiger partial charge in [0.15, 0.2) is 5.54 Å². The third-order valence-electron chi connectivity index (χ3n) is 3.54. The van der Waals surface area contributed by atoms with Gasteiger partial charge in [0.2, 0.25) is 0 Å². The normalized spacial score (nSPS) is 21.6. The third kappa shape index (κ3) is 2.99. The maximum atomic E-state index is 12.1. The minimum absolute atomic E-state index is 0.0159. The molecular formula is C15H19NO4. The molecule has 5 heteroatoms. The maximum Gasteiger partial charge on any atom is 0.331 e. The van der Waals surface area contributed by atoms with Gasteiger partial charge in [-0.15, -0.1) is 0 Å². The number of carboxylic acids is 1. The summed E-state index contributed by atoms with van der Waals surface area (Å²) in [6.07, 6.45) is 2.31. The van der Waals surface area contributed by atoms with E-state index in [-0.39, 0.29) is 12.5 Å². The highest BCUT2D eigenvalue weighted by Crippen LogP contribution is 2.20. The Morgan fingerprint density at radius 2 is 2.05 bits per heavy atom. The highest BCUT2D eigenvalue weighted by atomic mass is 16.5. The standard InChI is InChI=1S/C15H19NO4/c1-2-3-11-4-6-12(7-5-11)13(17)16-15(14(18)19)8-9-20-10-15/h4-7H,2-3,8-10H2,1H3,(H,16,17)(H,18,19). The fourth-order valence-electron chi connectivity index (χ4n) is 2.29. The van der Waals surface area contributed by atoms with Crippen LogP contribution in [0.15, 0.2) is 24.3 Å². The van der Waals surface area contributed by atoms with E-state index >= 15 is 0 Å². The van der Waals surface area contributed by atoms with E-state index in [1.54, 1.807) is 12.1 Å². The molecule has 2 rings (SSSR count). The number of carbonyl (C=O) groups is 2. The monoisotopic (exact) mass is 277 g/mol. The molecule has 0 aromatic heterocycles. The molecule has 1 heterocycles. The van der Waals surface area contributed by atoms with Crippen LogP contribution in [0.5, 0.6) is 0 Å². The van der Waals surface area contributed by atoms with Crippen LogP contribution in [0.4, 0.5) is 0 Å². The number of hydrogen-bond donors (Lipinski definition) is 2. The summed E-state index contributed by atoms with van der Waals surface area (Å²) in [7, 11) is 0. The van der Waals surface area contributed by atoms with Gasteiger partial charge >= 0.3 is 5.97 Å². The zero-order chi connectivity index (χ0) is 14.6. The molecule has 5 nitrogen and oxygen atoms in total. The number of aliphatic carboxylic acids is 1. The number of rotatable bonds is 5. The summed E-state index contributed by atoms with van der Waals surface area (Å²) in [5.74, 6) is -1.42. The summed E-state index contributed by atoms with van der Waals surface area (Å²) in [6, 6.07) is 7.26. The molecule has 1 aromatic carbocycles. The minimum atomic E-state index is -1.29. The van der Waals surface area contributed by atoms with Crippen molar-refractivity contribution >= 4 is 11.9 Å². The SMILES string of the molecule is CCCc1ccc(C(=O)NC2(C(=O)O)CCOC2)cc1. The van der Waals surface area contributed by atoms with Crippen molar-refractivity contribution in [2.24, 2.45) is 0 Å². The summed E-state index contributed by atoms with van der Waals surface area (Å²) < 4.78 is 5.11. The molecule has 1 aliphatic heterocycles. The molecular weight excluding hydrogens is 258 g/mol. The van der Waals surface area contributed by atoms with Gasteiger partial charge < -0.3 is 15.2 Å². The van der Waals surface area contributed by atoms with E-state index in [9.17, 15) is 14.7 Å². The molecule has 1 aliphatic rings. The van der Waals surface area contributed by atoms with E-state index in [4.69, 9.17) is 4.74 Å². The van der Waals surface area contributed by atoms with Gasteiger partial charge in [-0.1, -0.05) is 25.5 Å². The van der Waals surface area contributed by atoms with Crippen LogP contribution in [0.1, 0.15) is 35.7 Å². The van der Waals surface area contributed by atoms with E-state index in [0.717, 1.165) is 12.8 Å². The summed E-state index contributed by atoms with van der Waals surface area (Å²) in [5, 5.41) is 11.9. The number of nitrogens with one attached hydrogen (secondary N) is 1. The number of benzene rings is 1. The lowest BCUT2D eigenvalue weighted by Crippen LogP contribution is -2.55. The Bertz CT molecular complexity index is 489. The first-order valence-corrected chi connectivity index (χ1v) is 6.80. The van der Waals surface area contributed by atoms with Gasteiger partial charge in [0, 0.05) is 18.6 Å². The smallest absolute Gasteiger partial charge is 0.331 e. The lowest BCUT2D eigenvalue weighted by molar-refractivity contribution is -0.144. The molecule has 0 bridgehead atoms. The second kappa shape index (κ2) is 6.05. The fraction of sp³-hybridized carbons (Fsp3) is 0.467. The van der Waals surface area contributed by atoms with Crippen molar-refractivity contribution in [2.75, 3.05) is 13.2 Å². The van der Waals surface area contributed by atoms with Crippen molar-refractivity contribution in [1.82, 2.24) is 5.32 Å². The molecule has 20 heavy (non-hydrogen) atoms. The Morgan fingerprint density at radius 3 is 2.55 bits per heavy atom. The molecule has 1 fully saturated rings. The average Bonchev–Trinajstić information content (AvgIpc) is 2.90. The molecule has 1 saturated heterocycles. The molecule has 1 amide bonds. The van der Waals surface area contributed by atoms with Crippen LogP contribution < -0.4 is 5.32 Å². The van der Waals surface area contributed by atoms with Crippen LogP contribution >= 0.6 is 0 Å². The Morgan fingerprint density at radius 1 is 1.35 bits per heavy atom. The van der Waals surface area contributed by atoms with Gasteiger partial charge in [-0.25, -0.2) is 4.79 Å². The van der Waals surface area contributed by atoms with Crippen molar-refractivity contribution in [2.45, 2.75) is 31.7 Å². The molecule has 1 atom stereocenters. The van der Waals surface area contributed by atoms with Crippen LogP contribution in [0.25, 0.3) is 0 Å². The number of aryl methyl sites for hydroxylation is 1. The van der Waals surface area contributed by atoms with E-state index < -0.39 is 11.5 Å². The lowest BCUT2D eigenvalue weighted by Gasteiger charge is -2.23. The van der Waals surface area contributed by atoms with Gasteiger partial charge in [0.25, 0.3) is 5.91 Å². The summed E-state index contributed by atoms with van der Waals surface area (Å²) in [4.78, 5) is 23.5. The largest absolute Gasteiger partial charge is 0.479 e. The average molecular weight is 277 g/mol. The van der Waals surface area contributed by atoms with Crippen LogP contribution in [0.2, 0.25) is 0 Å². The third-order valence-corrected chi connectivity index (χ3v) is 3.54. The number of ether oxygens (including phenoxy) is 1. The molecule has 0 aliphatic carbocycles. The Labute approximate surface area is 117 Å². The number of hydrogen-bond acceptors (Lipinski definition) is 3. The molecule has 108 valence electrons. The Balaban J connectivity index is 2.09. The molecule has 0 spiro atoms. The maximum absolute atomic E-state index is 12.1. The summed E-state index contributed by atoms with van der Waals surface area (Å²) >= 11 is 0. The predicted octanol–water partition coefficient (Wildman–Crippen LogP) is 1.61. The zero-order valence-electron chi connectivity index (χ0n) is 11.5. The Hall–Kier alpha value is -1.88. The number of amides is 1. The topological polar surface area (TPSA) is 75.6 Å². The summed E-state index contributed by atoms with van der Waals surface area (Å²) in [5.41, 5.74) is 0.345. The van der Waals surface area contributed by atoms with Crippen molar-refractivity contribution in [3.63, 3.8) is 0 Å². The molecule has 2 N–H and O–H groups in total. The van der Waals surface area contributed by atoms with Crippen LogP contribution in [-0.2, 0) is 16.0 Å². The lowest BCUT2D eigenvalue weighted by atomic mass is 9.98. The molecule has 1 aromatic rings. The van der Waals surface area contributed by atoms with E-state index in [2.05, 4.69) is 12.2 Å². The van der Waals surface area contributed by atoms with Crippen LogP contribution in [0, 0.1) is 0 Å². The minimum Gasteiger partial charge on any atom is -0.479 e. The molecule has 1 unspecified atom stereocenters. The Kier molecular flexibility index (Phi) is 4.39. The van der Waals surface area contributed by atoms with Crippen LogP contribution in [-0.4, -0.2) is 35.7 Å². The zero-order valence-corrected chi connectivity index (χ0v) is 11.5. The highest BCUT2D eigenvalue weighted by molar-refractivity contribution is 5.98. The van der Waals surface area contributed by atoms with Crippen molar-refractivity contribution in [3.05, 3.63) is 35.4 Å². The van der Waals surface area contributed by atoms with Gasteiger partial charge in [0.05, 0.1) is 6.61 Å². The first-order chi connectivity index (χ1) is 9.57. The van der Waals surface area contributed by atoms with Crippen molar-refractivity contribution in [3.8, 4) is 0 Å². The van der Waals surface area contributed by atoms with Gasteiger partial charge in [-0.05, 0) is 24.1 Å². The first-order valence-electron chi connectivity index (χ1n) is 6.80. The van der Waals surface area contributed by atoms with Crippen molar-refractivity contribution < 1.29 is 19.4 Å². The second-order valence-electron chi connectivity index (χ2n) is 5.09. The van der Waals surface area contributed by atoms with E-state index in [1.807, 2.05) is 12.1 Å². The number of carbonyl (C=O) groups excluding carboxylic acids is 1.